The van der Waals surface area contributed by atoms with E-state index in [9.17, 15) is 0 Å². The summed E-state index contributed by atoms with van der Waals surface area (Å²) in [5, 5.41) is 0. The Labute approximate surface area is 108 Å². The van der Waals surface area contributed by atoms with Crippen molar-refractivity contribution in [2.24, 2.45) is 0 Å². The van der Waals surface area contributed by atoms with Crippen LogP contribution >= 0.6 is 15.9 Å². The molecule has 0 aliphatic heterocycles. The molecule has 0 unspecified atom stereocenters. The van der Waals surface area contributed by atoms with E-state index in [0.717, 1.165) is 15.9 Å². The largest absolute Gasteiger partial charge is 0.438 e. The van der Waals surface area contributed by atoms with Gasteiger partial charge in [0.1, 0.15) is 12.1 Å². The maximum atomic E-state index is 5.73. The highest BCUT2D eigenvalue weighted by Crippen LogP contribution is 2.40. The van der Waals surface area contributed by atoms with Gasteiger partial charge < -0.3 is 4.74 Å². The highest BCUT2D eigenvalue weighted by Gasteiger charge is 2.25. The summed E-state index contributed by atoms with van der Waals surface area (Å²) in [4.78, 5) is 8.39. The molecular weight excluding hydrogens is 280 g/mol. The second-order valence-electron chi connectivity index (χ2n) is 4.09. The molecule has 1 aromatic heterocycles. The van der Waals surface area contributed by atoms with Crippen molar-refractivity contribution in [3.05, 3.63) is 46.8 Å². The maximum absolute atomic E-state index is 5.73. The summed E-state index contributed by atoms with van der Waals surface area (Å²) in [6.45, 7) is 0. The fourth-order valence-electron chi connectivity index (χ4n) is 1.65. The Morgan fingerprint density at radius 2 is 2.00 bits per heavy atom. The lowest BCUT2D eigenvalue weighted by Gasteiger charge is -2.07. The van der Waals surface area contributed by atoms with Gasteiger partial charge in [-0.05, 0) is 40.9 Å². The number of ether oxygens (including phenoxy) is 1. The minimum Gasteiger partial charge on any atom is -0.438 e. The smallest absolute Gasteiger partial charge is 0.222 e. The third-order valence-electron chi connectivity index (χ3n) is 2.71. The molecule has 3 rings (SSSR count). The van der Waals surface area contributed by atoms with Crippen LogP contribution in [-0.4, -0.2) is 9.97 Å². The van der Waals surface area contributed by atoms with Gasteiger partial charge in [0.25, 0.3) is 0 Å². The zero-order valence-corrected chi connectivity index (χ0v) is 10.7. The van der Waals surface area contributed by atoms with Gasteiger partial charge in [0.15, 0.2) is 0 Å². The molecule has 17 heavy (non-hydrogen) atoms. The van der Waals surface area contributed by atoms with E-state index in [2.05, 4.69) is 25.9 Å². The Kier molecular flexibility index (Phi) is 2.81. The quantitative estimate of drug-likeness (QED) is 0.860. The Balaban J connectivity index is 1.85. The molecule has 86 valence electrons. The van der Waals surface area contributed by atoms with Gasteiger partial charge in [0.05, 0.1) is 10.2 Å². The number of rotatable bonds is 3. The van der Waals surface area contributed by atoms with Crippen LogP contribution in [0.3, 0.4) is 0 Å². The van der Waals surface area contributed by atoms with Crippen molar-refractivity contribution in [2.75, 3.05) is 0 Å². The molecule has 0 spiro atoms. The summed E-state index contributed by atoms with van der Waals surface area (Å²) in [6.07, 6.45) is 4.02. The average molecular weight is 291 g/mol. The fourth-order valence-corrected chi connectivity index (χ4v) is 2.02. The molecule has 1 aromatic carbocycles. The lowest BCUT2D eigenvalue weighted by Crippen LogP contribution is -1.93. The SMILES string of the molecule is Brc1ccccc1Oc1cc(C2CC2)ncn1. The zero-order valence-electron chi connectivity index (χ0n) is 9.14. The number of benzene rings is 1. The number of hydrogen-bond acceptors (Lipinski definition) is 3. The molecular formula is C13H11BrN2O. The normalized spacial score (nSPS) is 14.6. The molecule has 4 heteroatoms. The van der Waals surface area contributed by atoms with Crippen LogP contribution in [0.25, 0.3) is 0 Å². The van der Waals surface area contributed by atoms with E-state index in [1.165, 1.54) is 12.8 Å². The van der Waals surface area contributed by atoms with Crippen LogP contribution in [-0.2, 0) is 0 Å². The zero-order chi connectivity index (χ0) is 11.7. The first kappa shape index (κ1) is 10.7. The van der Waals surface area contributed by atoms with Crippen molar-refractivity contribution in [3.8, 4) is 11.6 Å². The first-order valence-corrected chi connectivity index (χ1v) is 6.36. The van der Waals surface area contributed by atoms with Gasteiger partial charge in [-0.2, -0.15) is 0 Å². The molecule has 0 N–H and O–H groups in total. The van der Waals surface area contributed by atoms with Crippen LogP contribution in [0.1, 0.15) is 24.5 Å². The molecule has 1 heterocycles. The standard InChI is InChI=1S/C13H11BrN2O/c14-10-3-1-2-4-12(10)17-13-7-11(9-5-6-9)15-8-16-13/h1-4,7-9H,5-6H2. The van der Waals surface area contributed by atoms with Gasteiger partial charge in [-0.25, -0.2) is 9.97 Å². The van der Waals surface area contributed by atoms with E-state index in [1.54, 1.807) is 6.33 Å². The van der Waals surface area contributed by atoms with Crippen LogP contribution in [0, 0.1) is 0 Å². The lowest BCUT2D eigenvalue weighted by molar-refractivity contribution is 0.457. The van der Waals surface area contributed by atoms with Crippen molar-refractivity contribution < 1.29 is 4.74 Å². The minimum atomic E-state index is 0.605. The topological polar surface area (TPSA) is 35.0 Å². The second-order valence-corrected chi connectivity index (χ2v) is 4.94. The molecule has 0 radical (unpaired) electrons. The van der Waals surface area contributed by atoms with Gasteiger partial charge in [0.2, 0.25) is 5.88 Å². The summed E-state index contributed by atoms with van der Waals surface area (Å²) in [5.74, 6) is 1.99. The summed E-state index contributed by atoms with van der Waals surface area (Å²) >= 11 is 3.45. The minimum absolute atomic E-state index is 0.605. The van der Waals surface area contributed by atoms with Crippen molar-refractivity contribution in [1.29, 1.82) is 0 Å². The molecule has 1 aliphatic carbocycles. The van der Waals surface area contributed by atoms with Crippen molar-refractivity contribution in [1.82, 2.24) is 9.97 Å². The highest BCUT2D eigenvalue weighted by molar-refractivity contribution is 9.10. The predicted octanol–water partition coefficient (Wildman–Crippen LogP) is 3.91. The monoisotopic (exact) mass is 290 g/mol. The highest BCUT2D eigenvalue weighted by atomic mass is 79.9. The van der Waals surface area contributed by atoms with Gasteiger partial charge in [-0.15, -0.1) is 0 Å². The second kappa shape index (κ2) is 4.45. The van der Waals surface area contributed by atoms with Crippen molar-refractivity contribution >= 4 is 15.9 Å². The molecule has 1 aliphatic rings. The summed E-state index contributed by atoms with van der Waals surface area (Å²) in [6, 6.07) is 9.66. The lowest BCUT2D eigenvalue weighted by atomic mass is 10.3. The number of para-hydroxylation sites is 1. The molecule has 2 aromatic rings. The molecule has 3 nitrogen and oxygen atoms in total. The number of aromatic nitrogens is 2. The van der Waals surface area contributed by atoms with E-state index in [4.69, 9.17) is 4.74 Å². The maximum Gasteiger partial charge on any atom is 0.222 e. The molecule has 0 amide bonds. The van der Waals surface area contributed by atoms with Crippen LogP contribution in [0.4, 0.5) is 0 Å². The van der Waals surface area contributed by atoms with Crippen LogP contribution in [0.5, 0.6) is 11.6 Å². The molecule has 0 saturated heterocycles. The van der Waals surface area contributed by atoms with Gasteiger partial charge in [-0.1, -0.05) is 12.1 Å². The fraction of sp³-hybridized carbons (Fsp3) is 0.231. The van der Waals surface area contributed by atoms with Crippen molar-refractivity contribution in [2.45, 2.75) is 18.8 Å². The van der Waals surface area contributed by atoms with E-state index in [0.29, 0.717) is 11.8 Å². The molecule has 0 atom stereocenters. The number of hydrogen-bond donors (Lipinski definition) is 0. The Bertz CT molecular complexity index is 540. The summed E-state index contributed by atoms with van der Waals surface area (Å²) < 4.78 is 6.65. The predicted molar refractivity (Wildman–Crippen MR) is 68.2 cm³/mol. The average Bonchev–Trinajstić information content (AvgIpc) is 3.17. The van der Waals surface area contributed by atoms with Crippen LogP contribution < -0.4 is 4.74 Å². The van der Waals surface area contributed by atoms with E-state index >= 15 is 0 Å². The van der Waals surface area contributed by atoms with Gasteiger partial charge in [-0.3, -0.25) is 0 Å². The Morgan fingerprint density at radius 1 is 1.18 bits per heavy atom. The summed E-state index contributed by atoms with van der Waals surface area (Å²) in [5.41, 5.74) is 1.09. The third-order valence-corrected chi connectivity index (χ3v) is 3.37. The van der Waals surface area contributed by atoms with Crippen LogP contribution in [0.2, 0.25) is 0 Å². The third kappa shape index (κ3) is 2.47. The van der Waals surface area contributed by atoms with E-state index in [1.807, 2.05) is 30.3 Å². The summed E-state index contributed by atoms with van der Waals surface area (Å²) in [7, 11) is 0. The van der Waals surface area contributed by atoms with E-state index in [-0.39, 0.29) is 0 Å². The first-order valence-electron chi connectivity index (χ1n) is 5.57. The number of nitrogens with zero attached hydrogens (tertiary/aromatic N) is 2. The van der Waals surface area contributed by atoms with Gasteiger partial charge >= 0.3 is 0 Å². The molecule has 1 saturated carbocycles. The number of halogens is 1. The van der Waals surface area contributed by atoms with Gasteiger partial charge in [0, 0.05) is 12.0 Å². The first-order chi connectivity index (χ1) is 8.33. The van der Waals surface area contributed by atoms with E-state index < -0.39 is 0 Å². The molecule has 1 fully saturated rings. The molecule has 0 bridgehead atoms. The Hall–Kier alpha value is -1.42. The van der Waals surface area contributed by atoms with Crippen LogP contribution in [0.15, 0.2) is 41.1 Å². The Morgan fingerprint density at radius 3 is 2.76 bits per heavy atom. The van der Waals surface area contributed by atoms with Crippen molar-refractivity contribution in [3.63, 3.8) is 0 Å².